The smallest absolute Gasteiger partial charge is 0.433 e. The molecular formula is C16H22N2O6. The van der Waals surface area contributed by atoms with Gasteiger partial charge >= 0.3 is 11.9 Å². The van der Waals surface area contributed by atoms with Crippen molar-refractivity contribution in [3.63, 3.8) is 0 Å². The minimum absolute atomic E-state index is 0.0621. The zero-order valence-corrected chi connectivity index (χ0v) is 14.0. The Labute approximate surface area is 139 Å². The van der Waals surface area contributed by atoms with Crippen LogP contribution in [0.5, 0.6) is 0 Å². The number of nitrogens with one attached hydrogen (secondary N) is 1. The van der Waals surface area contributed by atoms with E-state index in [0.29, 0.717) is 11.8 Å². The lowest BCUT2D eigenvalue weighted by molar-refractivity contribution is -0.402. The molecule has 0 aromatic carbocycles. The second kappa shape index (κ2) is 7.46. The number of carbonyl (C=O) groups excluding carboxylic acids is 2. The van der Waals surface area contributed by atoms with E-state index in [1.54, 1.807) is 0 Å². The van der Waals surface area contributed by atoms with E-state index in [0.717, 1.165) is 31.4 Å². The Morgan fingerprint density at radius 1 is 1.38 bits per heavy atom. The number of ether oxygens (including phenoxy) is 1. The molecule has 0 aliphatic heterocycles. The third-order valence-electron chi connectivity index (χ3n) is 4.66. The van der Waals surface area contributed by atoms with Crippen molar-refractivity contribution in [1.29, 1.82) is 0 Å². The first kappa shape index (κ1) is 18.0. The molecule has 1 heterocycles. The van der Waals surface area contributed by atoms with Gasteiger partial charge < -0.3 is 14.5 Å². The van der Waals surface area contributed by atoms with Crippen LogP contribution in [0.15, 0.2) is 16.5 Å². The summed E-state index contributed by atoms with van der Waals surface area (Å²) >= 11 is 0. The predicted octanol–water partition coefficient (Wildman–Crippen LogP) is 2.67. The second-order valence-electron chi connectivity index (χ2n) is 6.32. The summed E-state index contributed by atoms with van der Waals surface area (Å²) in [6.45, 7) is 5.73. The highest BCUT2D eigenvalue weighted by Crippen LogP contribution is 2.29. The summed E-state index contributed by atoms with van der Waals surface area (Å²) in [7, 11) is 0. The standard InChI is InChI=1S/C16H22N2O6/c1-9-5-4-6-12(10(9)2)17-15(19)11(3)23-16(20)13-7-8-14(24-13)18(21)22/h7-12H,4-6H2,1-3H3,(H,17,19)/t9-,10-,11-,12-/m1/s1. The van der Waals surface area contributed by atoms with Gasteiger partial charge in [-0.15, -0.1) is 0 Å². The normalized spacial score (nSPS) is 24.9. The average Bonchev–Trinajstić information content (AvgIpc) is 3.02. The minimum Gasteiger partial charge on any atom is -0.447 e. The van der Waals surface area contributed by atoms with Crippen LogP contribution in [0.1, 0.15) is 50.6 Å². The largest absolute Gasteiger partial charge is 0.447 e. The van der Waals surface area contributed by atoms with Gasteiger partial charge in [0.15, 0.2) is 6.10 Å². The van der Waals surface area contributed by atoms with Crippen LogP contribution in [0.2, 0.25) is 0 Å². The molecule has 0 radical (unpaired) electrons. The van der Waals surface area contributed by atoms with Crippen LogP contribution in [-0.4, -0.2) is 28.9 Å². The van der Waals surface area contributed by atoms with Crippen LogP contribution in [-0.2, 0) is 9.53 Å². The van der Waals surface area contributed by atoms with Crippen molar-refractivity contribution < 1.29 is 23.7 Å². The number of nitro groups is 1. The third-order valence-corrected chi connectivity index (χ3v) is 4.66. The van der Waals surface area contributed by atoms with Crippen LogP contribution in [0, 0.1) is 22.0 Å². The molecule has 1 amide bonds. The van der Waals surface area contributed by atoms with Gasteiger partial charge in [-0.2, -0.15) is 0 Å². The molecule has 0 unspecified atom stereocenters. The lowest BCUT2D eigenvalue weighted by Gasteiger charge is -2.35. The van der Waals surface area contributed by atoms with E-state index in [-0.39, 0.29) is 17.7 Å². The fourth-order valence-corrected chi connectivity index (χ4v) is 2.89. The maximum Gasteiger partial charge on any atom is 0.433 e. The molecule has 0 spiro atoms. The van der Waals surface area contributed by atoms with Gasteiger partial charge in [0, 0.05) is 6.04 Å². The fourth-order valence-electron chi connectivity index (χ4n) is 2.89. The van der Waals surface area contributed by atoms with Gasteiger partial charge in [-0.3, -0.25) is 14.9 Å². The molecule has 132 valence electrons. The first-order chi connectivity index (χ1) is 11.3. The molecule has 2 rings (SSSR count). The summed E-state index contributed by atoms with van der Waals surface area (Å²) in [6.07, 6.45) is 2.10. The second-order valence-corrected chi connectivity index (χ2v) is 6.32. The minimum atomic E-state index is -1.01. The highest BCUT2D eigenvalue weighted by molar-refractivity contribution is 5.90. The van der Waals surface area contributed by atoms with E-state index >= 15 is 0 Å². The van der Waals surface area contributed by atoms with E-state index in [4.69, 9.17) is 9.15 Å². The fraction of sp³-hybridized carbons (Fsp3) is 0.625. The summed E-state index contributed by atoms with van der Waals surface area (Å²) in [5, 5.41) is 13.5. The number of carbonyl (C=O) groups is 2. The Balaban J connectivity index is 1.90. The number of esters is 1. The maximum absolute atomic E-state index is 12.2. The number of hydrogen-bond donors (Lipinski definition) is 1. The van der Waals surface area contributed by atoms with Crippen LogP contribution in [0.3, 0.4) is 0 Å². The number of furan rings is 1. The number of hydrogen-bond acceptors (Lipinski definition) is 6. The van der Waals surface area contributed by atoms with Crippen molar-refractivity contribution in [2.24, 2.45) is 11.8 Å². The van der Waals surface area contributed by atoms with Crippen molar-refractivity contribution in [2.45, 2.75) is 52.2 Å². The van der Waals surface area contributed by atoms with Crippen molar-refractivity contribution in [2.75, 3.05) is 0 Å². The van der Waals surface area contributed by atoms with Gasteiger partial charge in [-0.25, -0.2) is 4.79 Å². The number of rotatable bonds is 5. The molecule has 1 aromatic heterocycles. The maximum atomic E-state index is 12.2. The molecule has 1 aromatic rings. The SMILES string of the molecule is C[C@@H]1[C@H](C)CCC[C@H]1NC(=O)[C@@H](C)OC(=O)c1ccc([N+](=O)[O-])o1. The van der Waals surface area contributed by atoms with E-state index < -0.39 is 22.9 Å². The number of amides is 1. The molecule has 4 atom stereocenters. The Morgan fingerprint density at radius 2 is 2.08 bits per heavy atom. The van der Waals surface area contributed by atoms with Gasteiger partial charge in [0.05, 0.1) is 6.07 Å². The first-order valence-corrected chi connectivity index (χ1v) is 8.05. The van der Waals surface area contributed by atoms with Crippen LogP contribution >= 0.6 is 0 Å². The Hall–Kier alpha value is -2.38. The highest BCUT2D eigenvalue weighted by atomic mass is 16.7. The van der Waals surface area contributed by atoms with Gasteiger partial charge in [-0.1, -0.05) is 26.7 Å². The lowest BCUT2D eigenvalue weighted by atomic mass is 9.78. The van der Waals surface area contributed by atoms with Crippen molar-refractivity contribution in [1.82, 2.24) is 5.32 Å². The monoisotopic (exact) mass is 338 g/mol. The van der Waals surface area contributed by atoms with E-state index in [1.807, 2.05) is 0 Å². The van der Waals surface area contributed by atoms with Crippen LogP contribution < -0.4 is 5.32 Å². The van der Waals surface area contributed by atoms with Crippen molar-refractivity contribution in [3.8, 4) is 0 Å². The lowest BCUT2D eigenvalue weighted by Crippen LogP contribution is -2.47. The molecule has 0 saturated heterocycles. The van der Waals surface area contributed by atoms with Crippen LogP contribution in [0.4, 0.5) is 5.88 Å². The van der Waals surface area contributed by atoms with Gasteiger partial charge in [0.2, 0.25) is 5.76 Å². The highest BCUT2D eigenvalue weighted by Gasteiger charge is 2.30. The summed E-state index contributed by atoms with van der Waals surface area (Å²) in [5.41, 5.74) is 0. The number of nitrogens with zero attached hydrogens (tertiary/aromatic N) is 1. The molecule has 0 bridgehead atoms. The molecule has 8 nitrogen and oxygen atoms in total. The summed E-state index contributed by atoms with van der Waals surface area (Å²) in [5.74, 6) is -1.25. The third kappa shape index (κ3) is 4.12. The summed E-state index contributed by atoms with van der Waals surface area (Å²) < 4.78 is 9.79. The zero-order chi connectivity index (χ0) is 17.9. The molecule has 1 N–H and O–H groups in total. The van der Waals surface area contributed by atoms with Crippen LogP contribution in [0.25, 0.3) is 0 Å². The van der Waals surface area contributed by atoms with E-state index in [9.17, 15) is 19.7 Å². The molecule has 1 aliphatic carbocycles. The first-order valence-electron chi connectivity index (χ1n) is 8.05. The van der Waals surface area contributed by atoms with Gasteiger partial charge in [-0.05, 0) is 31.2 Å². The predicted molar refractivity (Wildman–Crippen MR) is 84.3 cm³/mol. The quantitative estimate of drug-likeness (QED) is 0.502. The zero-order valence-electron chi connectivity index (χ0n) is 14.0. The molecule has 1 fully saturated rings. The average molecular weight is 338 g/mol. The molecule has 24 heavy (non-hydrogen) atoms. The summed E-state index contributed by atoms with van der Waals surface area (Å²) in [4.78, 5) is 33.9. The van der Waals surface area contributed by atoms with E-state index in [2.05, 4.69) is 19.2 Å². The van der Waals surface area contributed by atoms with Crippen molar-refractivity contribution >= 4 is 17.8 Å². The molecule has 1 saturated carbocycles. The topological polar surface area (TPSA) is 112 Å². The van der Waals surface area contributed by atoms with Gasteiger partial charge in [0.25, 0.3) is 5.91 Å². The Bertz CT molecular complexity index is 626. The van der Waals surface area contributed by atoms with E-state index in [1.165, 1.54) is 6.92 Å². The van der Waals surface area contributed by atoms with Gasteiger partial charge in [0.1, 0.15) is 4.92 Å². The molecule has 1 aliphatic rings. The summed E-state index contributed by atoms with van der Waals surface area (Å²) in [6, 6.07) is 2.27. The Kier molecular flexibility index (Phi) is 5.58. The molecule has 8 heteroatoms. The molecular weight excluding hydrogens is 316 g/mol. The Morgan fingerprint density at radius 3 is 2.71 bits per heavy atom. The van der Waals surface area contributed by atoms with Crippen molar-refractivity contribution in [3.05, 3.63) is 28.0 Å².